The number of rotatable bonds is 4. The van der Waals surface area contributed by atoms with Gasteiger partial charge >= 0.3 is 0 Å². The van der Waals surface area contributed by atoms with Gasteiger partial charge in [0.25, 0.3) is 0 Å². The molecule has 0 heterocycles. The van der Waals surface area contributed by atoms with Gasteiger partial charge in [0.2, 0.25) is 10.0 Å². The van der Waals surface area contributed by atoms with E-state index in [2.05, 4.69) is 0 Å². The summed E-state index contributed by atoms with van der Waals surface area (Å²) < 4.78 is 23.3. The highest BCUT2D eigenvalue weighted by Gasteiger charge is 2.31. The number of hydrogen-bond donors (Lipinski definition) is 2. The molecule has 2 unspecified atom stereocenters. The van der Waals surface area contributed by atoms with Crippen molar-refractivity contribution < 1.29 is 8.42 Å². The summed E-state index contributed by atoms with van der Waals surface area (Å²) in [5, 5.41) is 5.28. The van der Waals surface area contributed by atoms with Crippen LogP contribution >= 0.6 is 0 Å². The maximum absolute atomic E-state index is 11.7. The van der Waals surface area contributed by atoms with Crippen LogP contribution < -0.4 is 15.8 Å². The van der Waals surface area contributed by atoms with Gasteiger partial charge in [-0.05, 0) is 37.4 Å². The minimum Gasteiger partial charge on any atom is -0.370 e. The normalized spacial score (nSPS) is 23.5. The number of sulfonamides is 1. The minimum atomic E-state index is -3.71. The topological polar surface area (TPSA) is 89.4 Å². The van der Waals surface area contributed by atoms with Gasteiger partial charge in [0.15, 0.2) is 0 Å². The number of anilines is 1. The monoisotopic (exact) mass is 283 g/mol. The minimum absolute atomic E-state index is 0.181. The quantitative estimate of drug-likeness (QED) is 0.859. The third-order valence-corrected chi connectivity index (χ3v) is 4.93. The summed E-state index contributed by atoms with van der Waals surface area (Å²) in [6, 6.07) is 7.14. The van der Waals surface area contributed by atoms with Gasteiger partial charge in [-0.3, -0.25) is 0 Å². The van der Waals surface area contributed by atoms with Crippen molar-refractivity contribution in [2.75, 3.05) is 18.5 Å². The molecule has 6 heteroatoms. The summed E-state index contributed by atoms with van der Waals surface area (Å²) in [6.45, 7) is 0.631. The predicted octanol–water partition coefficient (Wildman–Crippen LogP) is 0.898. The van der Waals surface area contributed by atoms with Crippen LogP contribution in [0.3, 0.4) is 0 Å². The van der Waals surface area contributed by atoms with E-state index in [1.807, 2.05) is 18.0 Å². The first-order valence-electron chi connectivity index (χ1n) is 6.50. The number of nitrogens with two attached hydrogens (primary N) is 2. The molecular weight excluding hydrogens is 262 g/mol. The highest BCUT2D eigenvalue weighted by Crippen LogP contribution is 2.33. The van der Waals surface area contributed by atoms with Crippen molar-refractivity contribution in [1.29, 1.82) is 0 Å². The lowest BCUT2D eigenvalue weighted by Crippen LogP contribution is -2.38. The van der Waals surface area contributed by atoms with Gasteiger partial charge in [-0.25, -0.2) is 13.6 Å². The summed E-state index contributed by atoms with van der Waals surface area (Å²) >= 11 is 0. The van der Waals surface area contributed by atoms with Crippen molar-refractivity contribution >= 4 is 15.7 Å². The van der Waals surface area contributed by atoms with Crippen molar-refractivity contribution in [2.24, 2.45) is 16.8 Å². The third kappa shape index (κ3) is 2.91. The van der Waals surface area contributed by atoms with E-state index in [-0.39, 0.29) is 10.9 Å². The van der Waals surface area contributed by atoms with Gasteiger partial charge in [0, 0.05) is 13.1 Å². The molecule has 0 aromatic heterocycles. The van der Waals surface area contributed by atoms with Crippen molar-refractivity contribution in [3.63, 3.8) is 0 Å². The first kappa shape index (κ1) is 14.3. The Kier molecular flexibility index (Phi) is 4.13. The van der Waals surface area contributed by atoms with Crippen LogP contribution in [0.5, 0.6) is 0 Å². The number of benzene rings is 1. The highest BCUT2D eigenvalue weighted by molar-refractivity contribution is 7.89. The predicted molar refractivity (Wildman–Crippen MR) is 76.4 cm³/mol. The number of primary sulfonamides is 1. The van der Waals surface area contributed by atoms with Crippen LogP contribution in [0.2, 0.25) is 0 Å². The van der Waals surface area contributed by atoms with Crippen LogP contribution in [-0.4, -0.2) is 28.1 Å². The van der Waals surface area contributed by atoms with Gasteiger partial charge in [0.05, 0.1) is 5.69 Å². The van der Waals surface area contributed by atoms with Crippen molar-refractivity contribution in [3.8, 4) is 0 Å². The molecule has 5 nitrogen and oxygen atoms in total. The molecule has 19 heavy (non-hydrogen) atoms. The molecule has 4 N–H and O–H groups in total. The van der Waals surface area contributed by atoms with Crippen LogP contribution in [0, 0.1) is 5.92 Å². The van der Waals surface area contributed by atoms with Gasteiger partial charge < -0.3 is 10.6 Å². The molecule has 0 aliphatic heterocycles. The van der Waals surface area contributed by atoms with E-state index in [0.29, 0.717) is 18.2 Å². The lowest BCUT2D eigenvalue weighted by atomic mass is 10.0. The number of para-hydroxylation sites is 1. The fraction of sp³-hybridized carbons (Fsp3) is 0.538. The van der Waals surface area contributed by atoms with Gasteiger partial charge in [-0.2, -0.15) is 0 Å². The van der Waals surface area contributed by atoms with E-state index in [1.165, 1.54) is 0 Å². The standard InChI is InChI=1S/C13H21N3O2S/c1-16(11-7-4-5-10(11)9-14)12-6-2-3-8-13(12)19(15,17)18/h2-3,6,8,10-11H,4-5,7,9,14H2,1H3,(H2,15,17,18). The smallest absolute Gasteiger partial charge is 0.240 e. The summed E-state index contributed by atoms with van der Waals surface area (Å²) in [5.41, 5.74) is 6.46. The Morgan fingerprint density at radius 2 is 2.00 bits per heavy atom. The van der Waals surface area contributed by atoms with Gasteiger partial charge in [0.1, 0.15) is 4.90 Å². The summed E-state index contributed by atoms with van der Waals surface area (Å²) in [4.78, 5) is 2.20. The molecular formula is C13H21N3O2S. The zero-order chi connectivity index (χ0) is 14.0. The van der Waals surface area contributed by atoms with E-state index >= 15 is 0 Å². The van der Waals surface area contributed by atoms with Crippen LogP contribution in [0.1, 0.15) is 19.3 Å². The zero-order valence-corrected chi connectivity index (χ0v) is 11.9. The average molecular weight is 283 g/mol. The molecule has 0 bridgehead atoms. The highest BCUT2D eigenvalue weighted by atomic mass is 32.2. The number of nitrogens with zero attached hydrogens (tertiary/aromatic N) is 1. The molecule has 2 atom stereocenters. The molecule has 1 aliphatic rings. The Hall–Kier alpha value is -1.11. The SMILES string of the molecule is CN(c1ccccc1S(N)(=O)=O)C1CCCC1CN. The van der Waals surface area contributed by atoms with Crippen molar-refractivity contribution in [3.05, 3.63) is 24.3 Å². The summed E-state index contributed by atoms with van der Waals surface area (Å²) in [6.07, 6.45) is 3.27. The molecule has 1 saturated carbocycles. The maximum atomic E-state index is 11.7. The van der Waals surface area contributed by atoms with Crippen molar-refractivity contribution in [2.45, 2.75) is 30.2 Å². The lowest BCUT2D eigenvalue weighted by molar-refractivity contribution is 0.472. The molecule has 1 aromatic carbocycles. The summed E-state index contributed by atoms with van der Waals surface area (Å²) in [5.74, 6) is 0.415. The van der Waals surface area contributed by atoms with Gasteiger partial charge in [-0.15, -0.1) is 0 Å². The molecule has 1 aromatic rings. The van der Waals surface area contributed by atoms with Crippen molar-refractivity contribution in [1.82, 2.24) is 0 Å². The largest absolute Gasteiger partial charge is 0.370 e. The van der Waals surface area contributed by atoms with Crippen LogP contribution in [0.4, 0.5) is 5.69 Å². The second-order valence-corrected chi connectivity index (χ2v) is 6.65. The second-order valence-electron chi connectivity index (χ2n) is 5.12. The molecule has 0 radical (unpaired) electrons. The average Bonchev–Trinajstić information content (AvgIpc) is 2.85. The maximum Gasteiger partial charge on any atom is 0.240 e. The first-order valence-corrected chi connectivity index (χ1v) is 8.04. The lowest BCUT2D eigenvalue weighted by Gasteiger charge is -2.32. The molecule has 0 spiro atoms. The molecule has 106 valence electrons. The fourth-order valence-corrected chi connectivity index (χ4v) is 3.74. The second kappa shape index (κ2) is 5.48. The third-order valence-electron chi connectivity index (χ3n) is 3.97. The van der Waals surface area contributed by atoms with E-state index in [9.17, 15) is 8.42 Å². The van der Waals surface area contributed by atoms with Crippen LogP contribution in [-0.2, 0) is 10.0 Å². The first-order chi connectivity index (χ1) is 8.95. The fourth-order valence-electron chi connectivity index (χ4n) is 2.97. The molecule has 0 amide bonds. The Balaban J connectivity index is 2.37. The Morgan fingerprint density at radius 3 is 2.63 bits per heavy atom. The molecule has 2 rings (SSSR count). The zero-order valence-electron chi connectivity index (χ0n) is 11.1. The van der Waals surface area contributed by atoms with E-state index < -0.39 is 10.0 Å². The van der Waals surface area contributed by atoms with Crippen LogP contribution in [0.15, 0.2) is 29.2 Å². The summed E-state index contributed by atoms with van der Waals surface area (Å²) in [7, 11) is -1.79. The molecule has 1 fully saturated rings. The number of hydrogen-bond acceptors (Lipinski definition) is 4. The Labute approximate surface area is 114 Å². The van der Waals surface area contributed by atoms with Gasteiger partial charge in [-0.1, -0.05) is 18.6 Å². The van der Waals surface area contributed by atoms with E-state index in [4.69, 9.17) is 10.9 Å². The molecule has 1 aliphatic carbocycles. The molecule has 0 saturated heterocycles. The Morgan fingerprint density at radius 1 is 1.32 bits per heavy atom. The Bertz CT molecular complexity index is 545. The van der Waals surface area contributed by atoms with E-state index in [1.54, 1.807) is 18.2 Å². The van der Waals surface area contributed by atoms with E-state index in [0.717, 1.165) is 19.3 Å². The van der Waals surface area contributed by atoms with Crippen LogP contribution in [0.25, 0.3) is 0 Å².